The van der Waals surface area contributed by atoms with Crippen LogP contribution in [0.15, 0.2) is 274 Å². The molecule has 0 bridgehead atoms. The van der Waals surface area contributed by atoms with E-state index in [2.05, 4.69) is 262 Å². The third kappa shape index (κ3) is 53.2. The fourth-order valence-corrected chi connectivity index (χ4v) is 12.5. The topological polar surface area (TPSA) is 162 Å². The summed E-state index contributed by atoms with van der Waals surface area (Å²) in [5.74, 6) is -0.672. The molecule has 17 aromatic rings. The Morgan fingerprint density at radius 2 is 0.655 bits per heavy atom. The summed E-state index contributed by atoms with van der Waals surface area (Å²) in [7, 11) is 1.91. The number of hydrogen-bond donors (Lipinski definition) is 1. The van der Waals surface area contributed by atoms with Gasteiger partial charge in [0.15, 0.2) is 5.69 Å². The van der Waals surface area contributed by atoms with Gasteiger partial charge in [0.1, 0.15) is 34.9 Å². The molecule has 0 aliphatic rings. The van der Waals surface area contributed by atoms with Gasteiger partial charge in [-0.15, -0.1) is 0 Å². The standard InChI is InChI=1S/C12H12.C10H14.C9H8FN.C9H9N.C9H12.C8H9Cl.C8H8F2.C8H10FN.C8H9F.2C8H10.C7H9N.3C6H8N2.C5H8N2/c1-9-7-8-10(2)12-6-4-3-5-11(9)12;1-7-5-9(3)10(4)6-8(7)2;1-6-4-9(10)7(2)3-8(6)5-11;1-7-4-5-8(2)9(6-7)10-3;1-7-4-5-8(2)9(3)6-7;1-6-3-4-7(2)8(9)5-6;1-5-3-7(9)6(2)8(10)4-5;1-5-4-8(10)6(2)3-7(5)9;1-6-3-4-7(2)8(9)5-6;1-7-3-5-8(2)6-4-7;1-7-4-3-5-8(2)6-7;1-6-3-4-7(2)8-5-6;1-5-3-8-6(2)4-7-5;1-5-3-7-6(2)8-4-5;1-5-3-4-6(2)8-7-5;1-5-3-6-7(2)4-5/h3-8H,1-2H3;5-6H,1-4H3;3-4H,1-2H3;4-6H,1-2H3;4-6H,1-3H3;3-5H,1-2H3;3-4H,1-2H3;3-4H,10H2,1-2H3;3-5H,1-2H3;2*3-6H,1-2H3;3-5H,1-2H3;3*3-4H,1-2H3;3-4H,1-2H3. The van der Waals surface area contributed by atoms with Crippen LogP contribution in [0.3, 0.4) is 0 Å². The van der Waals surface area contributed by atoms with Crippen LogP contribution in [0.1, 0.15) is 196 Å². The largest absolute Gasteiger partial charge is 0.399 e. The van der Waals surface area contributed by atoms with Crippen molar-refractivity contribution in [1.29, 1.82) is 5.26 Å². The van der Waals surface area contributed by atoms with Crippen molar-refractivity contribution in [2.24, 2.45) is 7.05 Å². The number of fused-ring (bicyclic) bond motifs is 1. The lowest BCUT2D eigenvalue weighted by atomic mass is 10.0. The Kier molecular flexibility index (Phi) is 58.3. The van der Waals surface area contributed by atoms with Gasteiger partial charge >= 0.3 is 0 Å². The summed E-state index contributed by atoms with van der Waals surface area (Å²) in [5, 5.41) is 23.8. The third-order valence-corrected chi connectivity index (χ3v) is 22.3. The second kappa shape index (κ2) is 66.9. The molecule has 5 aromatic heterocycles. The number of aryl methyl sites for hydroxylation is 34. The van der Waals surface area contributed by atoms with Crippen molar-refractivity contribution in [3.63, 3.8) is 0 Å². The van der Waals surface area contributed by atoms with E-state index < -0.39 is 11.6 Å². The number of benzene rings is 12. The molecule has 0 aliphatic carbocycles. The average molecular weight is 1980 g/mol. The summed E-state index contributed by atoms with van der Waals surface area (Å²) in [6.45, 7) is 73.7. The van der Waals surface area contributed by atoms with Crippen molar-refractivity contribution in [2.45, 2.75) is 235 Å². The van der Waals surface area contributed by atoms with E-state index in [1.165, 1.54) is 137 Å². The minimum Gasteiger partial charge on any atom is -0.399 e. The maximum absolute atomic E-state index is 12.8. The van der Waals surface area contributed by atoms with Crippen LogP contribution in [0, 0.1) is 282 Å². The Balaban J connectivity index is 0.000000524. The van der Waals surface area contributed by atoms with Crippen LogP contribution < -0.4 is 5.73 Å². The summed E-state index contributed by atoms with van der Waals surface area (Å²) in [6, 6.07) is 76.6. The first-order valence-electron chi connectivity index (χ1n) is 47.9. The van der Waals surface area contributed by atoms with Crippen molar-refractivity contribution in [1.82, 2.24) is 44.9 Å². The summed E-state index contributed by atoms with van der Waals surface area (Å²) < 4.78 is 65.1. The fourth-order valence-electron chi connectivity index (χ4n) is 12.2. The molecular formula is C127H152ClF5N12. The van der Waals surface area contributed by atoms with E-state index in [0.29, 0.717) is 39.1 Å². The molecular weight excluding hydrogens is 1820 g/mol. The molecule has 17 rings (SSSR count). The highest BCUT2D eigenvalue weighted by atomic mass is 35.5. The van der Waals surface area contributed by atoms with Crippen molar-refractivity contribution < 1.29 is 22.0 Å². The van der Waals surface area contributed by atoms with Crippen LogP contribution in [-0.2, 0) is 7.05 Å². The number of anilines is 1. The lowest BCUT2D eigenvalue weighted by Crippen LogP contribution is -1.92. The molecule has 0 saturated carbocycles. The van der Waals surface area contributed by atoms with Gasteiger partial charge in [0, 0.05) is 66.2 Å². The highest BCUT2D eigenvalue weighted by Crippen LogP contribution is 2.24. The monoisotopic (exact) mass is 1980 g/mol. The predicted octanol–water partition coefficient (Wildman–Crippen LogP) is 34.5. The van der Waals surface area contributed by atoms with Gasteiger partial charge in [0.2, 0.25) is 0 Å². The van der Waals surface area contributed by atoms with Crippen molar-refractivity contribution in [2.75, 3.05) is 5.73 Å². The number of nitriles is 1. The van der Waals surface area contributed by atoms with Crippen LogP contribution in [-0.4, -0.2) is 44.9 Å². The van der Waals surface area contributed by atoms with Gasteiger partial charge < -0.3 is 5.73 Å². The molecule has 0 amide bonds. The maximum atomic E-state index is 12.8. The second-order valence-corrected chi connectivity index (χ2v) is 36.9. The van der Waals surface area contributed by atoms with Gasteiger partial charge in [-0.05, 0) is 430 Å². The number of nitrogens with two attached hydrogens (primary N) is 1. The van der Waals surface area contributed by atoms with Gasteiger partial charge in [-0.1, -0.05) is 209 Å². The van der Waals surface area contributed by atoms with Gasteiger partial charge in [-0.2, -0.15) is 20.6 Å². The maximum Gasteiger partial charge on any atom is 0.190 e. The Morgan fingerprint density at radius 3 is 1.00 bits per heavy atom. The van der Waals surface area contributed by atoms with Crippen LogP contribution in [0.5, 0.6) is 0 Å². The number of pyridine rings is 1. The summed E-state index contributed by atoms with van der Waals surface area (Å²) in [5.41, 5.74) is 43.2. The molecule has 145 heavy (non-hydrogen) atoms. The van der Waals surface area contributed by atoms with Crippen molar-refractivity contribution >= 4 is 33.7 Å². The number of nitrogen functional groups attached to an aromatic ring is 1. The molecule has 0 spiro atoms. The van der Waals surface area contributed by atoms with E-state index >= 15 is 0 Å². The molecule has 2 N–H and O–H groups in total. The Hall–Kier alpha value is -14.8. The average Bonchev–Trinajstić information content (AvgIpc) is 1.04. The zero-order valence-corrected chi connectivity index (χ0v) is 93.0. The Bertz CT molecular complexity index is 6150. The van der Waals surface area contributed by atoms with E-state index in [-0.39, 0.29) is 23.0 Å². The minimum atomic E-state index is -0.475. The molecule has 18 heteroatoms. The molecule has 762 valence electrons. The third-order valence-electron chi connectivity index (χ3n) is 21.9. The first-order chi connectivity index (χ1) is 68.1. The second-order valence-electron chi connectivity index (χ2n) is 36.5. The first kappa shape index (κ1) is 126. The van der Waals surface area contributed by atoms with Crippen LogP contribution >= 0.6 is 11.6 Å². The molecule has 12 aromatic carbocycles. The molecule has 0 aliphatic heterocycles. The van der Waals surface area contributed by atoms with E-state index in [9.17, 15) is 22.0 Å². The minimum absolute atomic E-state index is 0.0885. The zero-order chi connectivity index (χ0) is 109. The number of nitrogens with zero attached hydrogens (tertiary/aromatic N) is 11. The molecule has 0 fully saturated rings. The number of aromatic nitrogens is 9. The van der Waals surface area contributed by atoms with Gasteiger partial charge in [0.05, 0.1) is 47.2 Å². The van der Waals surface area contributed by atoms with Gasteiger partial charge in [-0.3, -0.25) is 19.6 Å². The highest BCUT2D eigenvalue weighted by molar-refractivity contribution is 6.31. The van der Waals surface area contributed by atoms with Crippen LogP contribution in [0.25, 0.3) is 15.6 Å². The van der Waals surface area contributed by atoms with Gasteiger partial charge in [-0.25, -0.2) is 36.8 Å². The predicted molar refractivity (Wildman–Crippen MR) is 603 cm³/mol. The smallest absolute Gasteiger partial charge is 0.190 e. The molecule has 5 heterocycles. The quantitative estimate of drug-likeness (QED) is 0.0878. The van der Waals surface area contributed by atoms with E-state index in [4.69, 9.17) is 29.2 Å². The molecule has 0 atom stereocenters. The van der Waals surface area contributed by atoms with E-state index in [1.807, 2.05) is 196 Å². The van der Waals surface area contributed by atoms with Crippen molar-refractivity contribution in [3.8, 4) is 6.07 Å². The normalized spacial score (nSPS) is 9.57. The molecule has 12 nitrogen and oxygen atoms in total. The van der Waals surface area contributed by atoms with Crippen LogP contribution in [0.2, 0.25) is 5.02 Å². The van der Waals surface area contributed by atoms with E-state index in [0.717, 1.165) is 78.4 Å². The lowest BCUT2D eigenvalue weighted by Gasteiger charge is -2.04. The van der Waals surface area contributed by atoms with Crippen LogP contribution in [0.4, 0.5) is 33.3 Å². The SMILES string of the molecule is Cc1cc(C#N)c(C)cc1F.Cc1cc(C)c(C)cc1C.Cc1cc(F)c(C)c(F)c1.Cc1cc(F)c(C)cc1N.Cc1ccc(C)c(C)c1.Cc1ccc(C)c(Cl)c1.Cc1ccc(C)c(F)c1.Cc1ccc(C)c2ccccc12.Cc1ccc(C)cc1.Cc1ccc(C)nc1.Cc1ccc(C)nn1.Cc1cccc(C)c1.Cc1cnc(C)cn1.Cc1cnc(C)nc1.Cc1cnn(C)c1.[C-]#[N+]c1cc(C)ccc1C. The van der Waals surface area contributed by atoms with Crippen molar-refractivity contribution in [3.05, 3.63) is 515 Å². The Morgan fingerprint density at radius 1 is 0.283 bits per heavy atom. The Labute approximate surface area is 869 Å². The molecule has 0 unspecified atom stereocenters. The molecule has 0 saturated heterocycles. The van der Waals surface area contributed by atoms with E-state index in [1.54, 1.807) is 76.8 Å². The first-order valence-corrected chi connectivity index (χ1v) is 48.2. The molecule has 0 radical (unpaired) electrons. The fraction of sp³-hybridized carbons (Fsp3) is 0.276. The lowest BCUT2D eigenvalue weighted by molar-refractivity contribution is 0.566. The highest BCUT2D eigenvalue weighted by Gasteiger charge is 2.07. The number of hydrogen-bond acceptors (Lipinski definition) is 10. The number of rotatable bonds is 0. The number of halogens is 6. The summed E-state index contributed by atoms with van der Waals surface area (Å²) >= 11 is 5.81. The zero-order valence-electron chi connectivity index (χ0n) is 92.2. The summed E-state index contributed by atoms with van der Waals surface area (Å²) in [6.07, 6.45) is 12.8. The summed E-state index contributed by atoms with van der Waals surface area (Å²) in [4.78, 5) is 23.4. The van der Waals surface area contributed by atoms with Gasteiger partial charge in [0.25, 0.3) is 0 Å².